The van der Waals surface area contributed by atoms with Crippen LogP contribution in [-0.4, -0.2) is 22.6 Å². The van der Waals surface area contributed by atoms with Gasteiger partial charge in [0.1, 0.15) is 5.00 Å². The summed E-state index contributed by atoms with van der Waals surface area (Å²) in [5, 5.41) is 15.4. The van der Waals surface area contributed by atoms with E-state index in [1.165, 1.54) is 29.8 Å². The molecule has 2 N–H and O–H groups in total. The van der Waals surface area contributed by atoms with Gasteiger partial charge in [-0.25, -0.2) is 0 Å². The predicted molar refractivity (Wildman–Crippen MR) is 76.1 cm³/mol. The van der Waals surface area contributed by atoms with E-state index in [1.54, 1.807) is 0 Å². The molecule has 0 bridgehead atoms. The van der Waals surface area contributed by atoms with Crippen molar-refractivity contribution in [3.8, 4) is 0 Å². The average Bonchev–Trinajstić information content (AvgIpc) is 3.04. The lowest BCUT2D eigenvalue weighted by atomic mass is 9.87. The number of benzene rings is 1. The molecule has 18 heavy (non-hydrogen) atoms. The summed E-state index contributed by atoms with van der Waals surface area (Å²) in [6.07, 6.45) is 4.75. The van der Waals surface area contributed by atoms with Crippen LogP contribution in [0, 0.1) is 5.41 Å². The van der Waals surface area contributed by atoms with Gasteiger partial charge in [-0.15, -0.1) is 0 Å². The lowest BCUT2D eigenvalue weighted by Gasteiger charge is -2.26. The van der Waals surface area contributed by atoms with Gasteiger partial charge in [0.25, 0.3) is 0 Å². The third-order valence-electron chi connectivity index (χ3n) is 4.01. The van der Waals surface area contributed by atoms with Crippen LogP contribution < -0.4 is 5.32 Å². The maximum absolute atomic E-state index is 9.61. The summed E-state index contributed by atoms with van der Waals surface area (Å²) in [6.45, 7) is 1.15. The fourth-order valence-electron chi connectivity index (χ4n) is 2.80. The van der Waals surface area contributed by atoms with E-state index in [-0.39, 0.29) is 12.0 Å². The minimum atomic E-state index is 0.0884. The van der Waals surface area contributed by atoms with E-state index < -0.39 is 0 Å². The van der Waals surface area contributed by atoms with Gasteiger partial charge in [0.15, 0.2) is 0 Å². The van der Waals surface area contributed by atoms with Crippen molar-refractivity contribution in [2.45, 2.75) is 25.7 Å². The molecule has 1 aliphatic rings. The first-order valence-electron chi connectivity index (χ1n) is 6.52. The summed E-state index contributed by atoms with van der Waals surface area (Å²) in [5.41, 5.74) is 1.14. The molecule has 3 rings (SSSR count). The Labute approximate surface area is 111 Å². The van der Waals surface area contributed by atoms with Gasteiger partial charge >= 0.3 is 0 Å². The number of nitrogens with one attached hydrogen (secondary N) is 1. The normalized spacial score (nSPS) is 18.3. The fourth-order valence-corrected chi connectivity index (χ4v) is 3.56. The Morgan fingerprint density at radius 3 is 2.83 bits per heavy atom. The molecule has 96 valence electrons. The van der Waals surface area contributed by atoms with Crippen LogP contribution in [0.1, 0.15) is 25.7 Å². The molecular formula is C14H18N2OS. The topological polar surface area (TPSA) is 45.1 Å². The van der Waals surface area contributed by atoms with Crippen molar-refractivity contribution in [3.05, 3.63) is 24.3 Å². The van der Waals surface area contributed by atoms with E-state index in [1.807, 2.05) is 18.2 Å². The number of fused-ring (bicyclic) bond motifs is 1. The minimum absolute atomic E-state index is 0.0884. The predicted octanol–water partition coefficient (Wildman–Crippen LogP) is 3.26. The molecule has 1 aromatic heterocycles. The molecule has 2 aromatic rings. The van der Waals surface area contributed by atoms with E-state index in [0.29, 0.717) is 0 Å². The van der Waals surface area contributed by atoms with Gasteiger partial charge in [0.05, 0.1) is 12.1 Å². The van der Waals surface area contributed by atoms with E-state index in [0.717, 1.165) is 29.9 Å². The van der Waals surface area contributed by atoms with Crippen molar-refractivity contribution in [1.29, 1.82) is 0 Å². The van der Waals surface area contributed by atoms with Crippen LogP contribution in [-0.2, 0) is 0 Å². The first-order valence-corrected chi connectivity index (χ1v) is 7.30. The van der Waals surface area contributed by atoms with Crippen molar-refractivity contribution >= 4 is 27.4 Å². The molecule has 1 aromatic carbocycles. The third-order valence-corrected chi connectivity index (χ3v) is 4.84. The lowest BCUT2D eigenvalue weighted by molar-refractivity contribution is 0.142. The van der Waals surface area contributed by atoms with Gasteiger partial charge in [-0.2, -0.15) is 4.37 Å². The lowest BCUT2D eigenvalue weighted by Crippen LogP contribution is -2.30. The number of hydrogen-bond acceptors (Lipinski definition) is 4. The Kier molecular flexibility index (Phi) is 3.22. The summed E-state index contributed by atoms with van der Waals surface area (Å²) in [6, 6.07) is 8.19. The Hall–Kier alpha value is -1.13. The van der Waals surface area contributed by atoms with Crippen LogP contribution in [0.15, 0.2) is 24.3 Å². The molecule has 3 nitrogen and oxygen atoms in total. The van der Waals surface area contributed by atoms with Crippen molar-refractivity contribution in [2.75, 3.05) is 18.5 Å². The first kappa shape index (κ1) is 11.9. The van der Waals surface area contributed by atoms with E-state index >= 15 is 0 Å². The molecule has 1 fully saturated rings. The van der Waals surface area contributed by atoms with Crippen molar-refractivity contribution in [1.82, 2.24) is 4.37 Å². The van der Waals surface area contributed by atoms with E-state index in [4.69, 9.17) is 0 Å². The highest BCUT2D eigenvalue weighted by atomic mass is 32.1. The molecule has 0 amide bonds. The molecule has 1 aliphatic carbocycles. The maximum atomic E-state index is 9.61. The van der Waals surface area contributed by atoms with Crippen LogP contribution in [0.4, 0.5) is 5.00 Å². The third kappa shape index (κ3) is 2.10. The summed E-state index contributed by atoms with van der Waals surface area (Å²) in [4.78, 5) is 0. The van der Waals surface area contributed by atoms with Crippen molar-refractivity contribution in [3.63, 3.8) is 0 Å². The highest BCUT2D eigenvalue weighted by molar-refractivity contribution is 7.11. The highest BCUT2D eigenvalue weighted by Gasteiger charge is 2.33. The van der Waals surface area contributed by atoms with Crippen LogP contribution >= 0.6 is 11.5 Å². The summed E-state index contributed by atoms with van der Waals surface area (Å²) >= 11 is 1.51. The number of aromatic nitrogens is 1. The number of nitrogens with zero attached hydrogens (tertiary/aromatic N) is 1. The van der Waals surface area contributed by atoms with Gasteiger partial charge in [0, 0.05) is 17.3 Å². The maximum Gasteiger partial charge on any atom is 0.117 e. The van der Waals surface area contributed by atoms with Gasteiger partial charge in [-0.3, -0.25) is 0 Å². The number of rotatable bonds is 4. The van der Waals surface area contributed by atoms with Crippen LogP contribution in [0.3, 0.4) is 0 Å². The Bertz CT molecular complexity index is 531. The molecule has 1 saturated carbocycles. The molecule has 0 aliphatic heterocycles. The molecule has 0 unspecified atom stereocenters. The van der Waals surface area contributed by atoms with Gasteiger partial charge in [0.2, 0.25) is 0 Å². The second-order valence-corrected chi connectivity index (χ2v) is 6.02. The molecule has 0 spiro atoms. The SMILES string of the molecule is OCC1(CNc2snc3ccccc23)CCCC1. The smallest absolute Gasteiger partial charge is 0.117 e. The fraction of sp³-hybridized carbons (Fsp3) is 0.500. The van der Waals surface area contributed by atoms with Crippen LogP contribution in [0.2, 0.25) is 0 Å². The quantitative estimate of drug-likeness (QED) is 0.889. The van der Waals surface area contributed by atoms with Crippen LogP contribution in [0.5, 0.6) is 0 Å². The van der Waals surface area contributed by atoms with E-state index in [2.05, 4.69) is 15.8 Å². The molecular weight excluding hydrogens is 244 g/mol. The molecule has 4 heteroatoms. The second-order valence-electron chi connectivity index (χ2n) is 5.25. The second kappa shape index (κ2) is 4.86. The highest BCUT2D eigenvalue weighted by Crippen LogP contribution is 2.38. The van der Waals surface area contributed by atoms with Crippen molar-refractivity contribution < 1.29 is 5.11 Å². The Balaban J connectivity index is 1.76. The number of aliphatic hydroxyl groups is 1. The molecule has 0 radical (unpaired) electrons. The van der Waals surface area contributed by atoms with Crippen molar-refractivity contribution in [2.24, 2.45) is 5.41 Å². The minimum Gasteiger partial charge on any atom is -0.396 e. The zero-order chi connectivity index (χ0) is 12.4. The summed E-state index contributed by atoms with van der Waals surface area (Å²) < 4.78 is 4.43. The Morgan fingerprint density at radius 2 is 2.06 bits per heavy atom. The number of hydrogen-bond donors (Lipinski definition) is 2. The van der Waals surface area contributed by atoms with Gasteiger partial charge in [-0.05, 0) is 36.5 Å². The van der Waals surface area contributed by atoms with Gasteiger partial charge < -0.3 is 10.4 Å². The first-order chi connectivity index (χ1) is 8.83. The standard InChI is InChI=1S/C14H18N2OS/c17-10-14(7-3-4-8-14)9-15-13-11-5-1-2-6-12(11)16-18-13/h1-2,5-6,15,17H,3-4,7-10H2. The van der Waals surface area contributed by atoms with Gasteiger partial charge in [-0.1, -0.05) is 25.0 Å². The number of aliphatic hydroxyl groups excluding tert-OH is 1. The zero-order valence-corrected chi connectivity index (χ0v) is 11.2. The molecule has 0 saturated heterocycles. The van der Waals surface area contributed by atoms with Crippen LogP contribution in [0.25, 0.3) is 10.9 Å². The zero-order valence-electron chi connectivity index (χ0n) is 10.4. The summed E-state index contributed by atoms with van der Waals surface area (Å²) in [5.74, 6) is 0. The summed E-state index contributed by atoms with van der Waals surface area (Å²) in [7, 11) is 0. The average molecular weight is 262 g/mol. The number of anilines is 1. The van der Waals surface area contributed by atoms with E-state index in [9.17, 15) is 5.11 Å². The Morgan fingerprint density at radius 1 is 1.28 bits per heavy atom. The molecule has 1 heterocycles. The monoisotopic (exact) mass is 262 g/mol. The largest absolute Gasteiger partial charge is 0.396 e. The molecule has 0 atom stereocenters.